The van der Waals surface area contributed by atoms with E-state index in [9.17, 15) is 23.2 Å². The molecular weight excluding hydrogens is 538 g/mol. The van der Waals surface area contributed by atoms with Gasteiger partial charge in [-0.25, -0.2) is 4.79 Å². The Morgan fingerprint density at radius 3 is 2.18 bits per heavy atom. The summed E-state index contributed by atoms with van der Waals surface area (Å²) in [5, 5.41) is 10.8. The first-order valence-corrected chi connectivity index (χ1v) is 12.1. The maximum Gasteiger partial charge on any atom is 0.417 e. The van der Waals surface area contributed by atoms with Gasteiger partial charge in [0, 0.05) is 21.0 Å². The van der Waals surface area contributed by atoms with Gasteiger partial charge in [-0.05, 0) is 52.6 Å². The zero-order valence-corrected chi connectivity index (χ0v) is 21.0. The normalized spacial score (nSPS) is 11.6. The second-order valence-corrected chi connectivity index (χ2v) is 9.40. The Hall–Kier alpha value is -3.94. The van der Waals surface area contributed by atoms with E-state index in [2.05, 4.69) is 0 Å². The summed E-state index contributed by atoms with van der Waals surface area (Å²) in [6, 6.07) is 24.6. The van der Waals surface area contributed by atoms with Gasteiger partial charge >= 0.3 is 12.1 Å². The molecule has 4 nitrogen and oxygen atoms in total. The van der Waals surface area contributed by atoms with Crippen molar-refractivity contribution in [1.29, 1.82) is 0 Å². The summed E-state index contributed by atoms with van der Waals surface area (Å²) in [4.78, 5) is 12.8. The molecule has 0 aliphatic rings. The summed E-state index contributed by atoms with van der Waals surface area (Å²) < 4.78 is 47.7. The highest BCUT2D eigenvalue weighted by Gasteiger charge is 2.35. The van der Waals surface area contributed by atoms with Crippen LogP contribution in [0, 0.1) is 0 Å². The number of halogens is 5. The maximum atomic E-state index is 14.0. The van der Waals surface area contributed by atoms with Gasteiger partial charge in [0.15, 0.2) is 5.69 Å². The number of fused-ring (bicyclic) bond motifs is 1. The zero-order chi connectivity index (χ0) is 27.0. The summed E-state index contributed by atoms with van der Waals surface area (Å²) in [7, 11) is 0. The van der Waals surface area contributed by atoms with E-state index in [1.807, 2.05) is 42.5 Å². The van der Waals surface area contributed by atoms with Crippen molar-refractivity contribution >= 4 is 40.1 Å². The van der Waals surface area contributed by atoms with E-state index in [0.717, 1.165) is 23.3 Å². The van der Waals surface area contributed by atoms with Crippen LogP contribution in [0.15, 0.2) is 91.0 Å². The molecule has 0 saturated carbocycles. The lowest BCUT2D eigenvalue weighted by molar-refractivity contribution is -0.136. The number of rotatable bonds is 5. The molecule has 0 bridgehead atoms. The number of carbonyl (C=O) groups excluding carboxylic acids is 1. The molecule has 0 fully saturated rings. The van der Waals surface area contributed by atoms with Crippen LogP contribution in [-0.2, 0) is 17.5 Å². The van der Waals surface area contributed by atoms with Crippen molar-refractivity contribution in [2.24, 2.45) is 0 Å². The number of nitrogens with zero attached hydrogens (tertiary/aromatic N) is 1. The molecule has 0 aliphatic carbocycles. The molecule has 4 aromatic carbocycles. The highest BCUT2D eigenvalue weighted by Crippen LogP contribution is 2.41. The van der Waals surface area contributed by atoms with Crippen molar-refractivity contribution in [2.45, 2.75) is 12.8 Å². The third-order valence-corrected chi connectivity index (χ3v) is 6.63. The highest BCUT2D eigenvalue weighted by atomic mass is 35.5. The quantitative estimate of drug-likeness (QED) is 0.174. The second kappa shape index (κ2) is 10.1. The molecule has 1 heterocycles. The Labute approximate surface area is 225 Å². The minimum atomic E-state index is -4.77. The lowest BCUT2D eigenvalue weighted by atomic mass is 9.99. The number of benzene rings is 4. The van der Waals surface area contributed by atoms with E-state index in [-0.39, 0.29) is 33.7 Å². The maximum absolute atomic E-state index is 14.0. The van der Waals surface area contributed by atoms with E-state index in [1.54, 1.807) is 12.1 Å². The Kier molecular flexibility index (Phi) is 6.82. The minimum absolute atomic E-state index is 0.0957. The number of esters is 1. The molecule has 192 valence electrons. The van der Waals surface area contributed by atoms with Crippen LogP contribution < -0.4 is 0 Å². The number of ether oxygens (including phenoxy) is 1. The predicted molar refractivity (Wildman–Crippen MR) is 141 cm³/mol. The first-order valence-electron chi connectivity index (χ1n) is 11.3. The van der Waals surface area contributed by atoms with Crippen molar-refractivity contribution < 1.29 is 27.9 Å². The van der Waals surface area contributed by atoms with Gasteiger partial charge in [-0.15, -0.1) is 0 Å². The summed E-state index contributed by atoms with van der Waals surface area (Å²) in [5.41, 5.74) is 1.37. The molecule has 0 atom stereocenters. The summed E-state index contributed by atoms with van der Waals surface area (Å²) in [5.74, 6) is -0.977. The van der Waals surface area contributed by atoms with Crippen LogP contribution in [-0.4, -0.2) is 15.9 Å². The molecule has 9 heteroatoms. The number of hydrogen-bond acceptors (Lipinski definition) is 3. The van der Waals surface area contributed by atoms with Crippen molar-refractivity contribution in [1.82, 2.24) is 4.73 Å². The van der Waals surface area contributed by atoms with E-state index in [4.69, 9.17) is 27.9 Å². The summed E-state index contributed by atoms with van der Waals surface area (Å²) >= 11 is 12.1. The van der Waals surface area contributed by atoms with Crippen LogP contribution in [0.2, 0.25) is 10.0 Å². The fourth-order valence-electron chi connectivity index (χ4n) is 4.20. The van der Waals surface area contributed by atoms with Gasteiger partial charge in [0.1, 0.15) is 6.61 Å². The molecule has 38 heavy (non-hydrogen) atoms. The van der Waals surface area contributed by atoms with E-state index in [1.165, 1.54) is 24.3 Å². The molecule has 1 N–H and O–H groups in total. The Balaban J connectivity index is 1.45. The topological polar surface area (TPSA) is 51.5 Å². The van der Waals surface area contributed by atoms with Crippen LogP contribution >= 0.6 is 23.2 Å². The lowest BCUT2D eigenvalue weighted by Gasteiger charge is -2.12. The Morgan fingerprint density at radius 2 is 1.53 bits per heavy atom. The molecule has 0 spiro atoms. The molecule has 1 aromatic heterocycles. The SMILES string of the molecule is O=C(OCc1ccc(-c2ccccc2)cc1)c1cc2c(C(F)(F)F)cc(-c3ccc(Cl)cc3Cl)cc2n1O. The molecular formula is C29H18Cl2F3NO3. The average Bonchev–Trinajstić information content (AvgIpc) is 3.23. The van der Waals surface area contributed by atoms with Gasteiger partial charge in [0.05, 0.1) is 11.1 Å². The Morgan fingerprint density at radius 1 is 0.842 bits per heavy atom. The third-order valence-electron chi connectivity index (χ3n) is 6.08. The van der Waals surface area contributed by atoms with Gasteiger partial charge in [-0.3, -0.25) is 0 Å². The standard InChI is InChI=1S/C29H18Cl2F3NO3/c30-21-10-11-22(25(31)14-21)20-12-24(29(32,33)34)23-15-27(35(37)26(23)13-20)28(36)38-16-17-6-8-19(9-7-17)18-4-2-1-3-5-18/h1-15,37H,16H2. The van der Waals surface area contributed by atoms with Crippen molar-refractivity contribution in [2.75, 3.05) is 0 Å². The fraction of sp³-hybridized carbons (Fsp3) is 0.0690. The van der Waals surface area contributed by atoms with Crippen LogP contribution in [0.5, 0.6) is 0 Å². The smallest absolute Gasteiger partial charge is 0.417 e. The fourth-order valence-corrected chi connectivity index (χ4v) is 4.72. The van der Waals surface area contributed by atoms with Crippen molar-refractivity contribution in [3.8, 4) is 22.3 Å². The third kappa shape index (κ3) is 5.08. The van der Waals surface area contributed by atoms with Gasteiger partial charge in [-0.2, -0.15) is 17.9 Å². The van der Waals surface area contributed by atoms with Crippen LogP contribution in [0.4, 0.5) is 13.2 Å². The molecule has 0 aliphatic heterocycles. The first kappa shape index (κ1) is 25.7. The highest BCUT2D eigenvalue weighted by molar-refractivity contribution is 6.36. The minimum Gasteiger partial charge on any atom is -0.456 e. The second-order valence-electron chi connectivity index (χ2n) is 8.56. The molecule has 5 rings (SSSR count). The van der Waals surface area contributed by atoms with Crippen LogP contribution in [0.1, 0.15) is 21.6 Å². The van der Waals surface area contributed by atoms with Gasteiger partial charge in [0.2, 0.25) is 0 Å². The van der Waals surface area contributed by atoms with E-state index >= 15 is 0 Å². The number of alkyl halides is 3. The zero-order valence-electron chi connectivity index (χ0n) is 19.5. The van der Waals surface area contributed by atoms with E-state index < -0.39 is 23.4 Å². The largest absolute Gasteiger partial charge is 0.456 e. The predicted octanol–water partition coefficient (Wildman–Crippen LogP) is 8.90. The van der Waals surface area contributed by atoms with Gasteiger partial charge in [0.25, 0.3) is 0 Å². The summed E-state index contributed by atoms with van der Waals surface area (Å²) in [6.07, 6.45) is -4.77. The lowest BCUT2D eigenvalue weighted by Crippen LogP contribution is -2.10. The number of aromatic nitrogens is 1. The van der Waals surface area contributed by atoms with Crippen LogP contribution in [0.3, 0.4) is 0 Å². The first-order chi connectivity index (χ1) is 18.1. The average molecular weight is 556 g/mol. The van der Waals surface area contributed by atoms with Crippen molar-refractivity contribution in [3.05, 3.63) is 118 Å². The Bertz CT molecular complexity index is 1650. The molecule has 0 radical (unpaired) electrons. The molecule has 0 saturated heterocycles. The molecule has 0 amide bonds. The monoisotopic (exact) mass is 555 g/mol. The van der Waals surface area contributed by atoms with Crippen molar-refractivity contribution in [3.63, 3.8) is 0 Å². The number of hydrogen-bond donors (Lipinski definition) is 1. The van der Waals surface area contributed by atoms with Crippen LogP contribution in [0.25, 0.3) is 33.2 Å². The van der Waals surface area contributed by atoms with E-state index in [0.29, 0.717) is 15.3 Å². The molecule has 5 aromatic rings. The summed E-state index contributed by atoms with van der Waals surface area (Å²) in [6.45, 7) is -0.132. The number of carbonyl (C=O) groups is 1. The molecule has 0 unspecified atom stereocenters. The van der Waals surface area contributed by atoms with Gasteiger partial charge < -0.3 is 9.94 Å². The van der Waals surface area contributed by atoms with Gasteiger partial charge in [-0.1, -0.05) is 83.9 Å².